The van der Waals surface area contributed by atoms with Gasteiger partial charge in [-0.05, 0) is 6.42 Å². The molecule has 3 heteroatoms. The summed E-state index contributed by atoms with van der Waals surface area (Å²) in [4.78, 5) is 0. The molecular weight excluding hydrogens is 141 g/mol. The summed E-state index contributed by atoms with van der Waals surface area (Å²) >= 11 is 0. The maximum Gasteiger partial charge on any atom is 0.250 e. The zero-order valence-electron chi connectivity index (χ0n) is 6.04. The Labute approximate surface area is 59.4 Å². The van der Waals surface area contributed by atoms with Gasteiger partial charge < -0.3 is 0 Å². The molecule has 0 N–H and O–H groups in total. The average Bonchev–Trinajstić information content (AvgIpc) is 1.87. The second kappa shape index (κ2) is 3.84. The minimum Gasteiger partial charge on any atom is -0.247 e. The van der Waals surface area contributed by atoms with Gasteiger partial charge in [-0.3, -0.25) is 0 Å². The Morgan fingerprint density at radius 1 is 1.50 bits per heavy atom. The van der Waals surface area contributed by atoms with Crippen LogP contribution in [0.5, 0.6) is 0 Å². The van der Waals surface area contributed by atoms with Gasteiger partial charge in [-0.1, -0.05) is 13.8 Å². The molecule has 61 valence electrons. The molecule has 0 aromatic carbocycles. The van der Waals surface area contributed by atoms with E-state index in [9.17, 15) is 13.2 Å². The second-order valence-corrected chi connectivity index (χ2v) is 2.30. The molecule has 0 aromatic rings. The molecule has 0 amide bonds. The van der Waals surface area contributed by atoms with Gasteiger partial charge in [-0.15, -0.1) is 0 Å². The van der Waals surface area contributed by atoms with Crippen LogP contribution in [-0.2, 0) is 0 Å². The van der Waals surface area contributed by atoms with Crippen molar-refractivity contribution in [2.75, 3.05) is 0 Å². The van der Waals surface area contributed by atoms with Crippen molar-refractivity contribution in [1.29, 1.82) is 0 Å². The van der Waals surface area contributed by atoms with Gasteiger partial charge in [-0.25, -0.2) is 13.2 Å². The number of alkyl halides is 3. The fraction of sp³-hybridized carbons (Fsp3) is 0.857. The molecule has 1 atom stereocenters. The van der Waals surface area contributed by atoms with Gasteiger partial charge >= 0.3 is 0 Å². The number of hydrogen-bond donors (Lipinski definition) is 0. The van der Waals surface area contributed by atoms with E-state index in [-0.39, 0.29) is 12.8 Å². The predicted molar refractivity (Wildman–Crippen MR) is 34.7 cm³/mol. The quantitative estimate of drug-likeness (QED) is 0.582. The third-order valence-corrected chi connectivity index (χ3v) is 1.35. The topological polar surface area (TPSA) is 0 Å². The molecule has 0 nitrogen and oxygen atoms in total. The minimum absolute atomic E-state index is 0.0738. The summed E-state index contributed by atoms with van der Waals surface area (Å²) < 4.78 is 36.9. The lowest BCUT2D eigenvalue weighted by Gasteiger charge is -2.15. The van der Waals surface area contributed by atoms with Crippen molar-refractivity contribution in [1.82, 2.24) is 0 Å². The van der Waals surface area contributed by atoms with E-state index in [0.29, 0.717) is 0 Å². The van der Waals surface area contributed by atoms with E-state index in [1.54, 1.807) is 0 Å². The Kier molecular flexibility index (Phi) is 3.76. The van der Waals surface area contributed by atoms with Crippen molar-refractivity contribution in [2.45, 2.75) is 38.3 Å². The number of hydrogen-bond acceptors (Lipinski definition) is 0. The van der Waals surface area contributed by atoms with Crippen LogP contribution in [0.4, 0.5) is 13.2 Å². The Morgan fingerprint density at radius 3 is 2.30 bits per heavy atom. The molecule has 0 aliphatic rings. The van der Waals surface area contributed by atoms with E-state index in [2.05, 4.69) is 6.92 Å². The summed E-state index contributed by atoms with van der Waals surface area (Å²) in [5.41, 5.74) is 0. The zero-order chi connectivity index (χ0) is 8.20. The third kappa shape index (κ3) is 3.75. The van der Waals surface area contributed by atoms with Crippen LogP contribution in [0.3, 0.4) is 0 Å². The Balaban J connectivity index is 3.64. The van der Waals surface area contributed by atoms with Gasteiger partial charge in [0.2, 0.25) is 0 Å². The molecule has 0 saturated carbocycles. The van der Waals surface area contributed by atoms with Crippen LogP contribution in [0, 0.1) is 6.92 Å². The molecule has 0 saturated heterocycles. The first kappa shape index (κ1) is 9.79. The van der Waals surface area contributed by atoms with E-state index in [1.807, 2.05) is 0 Å². The van der Waals surface area contributed by atoms with Gasteiger partial charge in [0.25, 0.3) is 5.92 Å². The van der Waals surface area contributed by atoms with Crippen LogP contribution in [0.1, 0.15) is 26.2 Å². The molecule has 0 aromatic heterocycles. The molecule has 10 heavy (non-hydrogen) atoms. The number of rotatable bonds is 4. The second-order valence-electron chi connectivity index (χ2n) is 2.30. The molecule has 0 fully saturated rings. The number of halogens is 3. The average molecular weight is 153 g/mol. The molecule has 0 heterocycles. The van der Waals surface area contributed by atoms with Gasteiger partial charge in [-0.2, -0.15) is 0 Å². The van der Waals surface area contributed by atoms with Crippen molar-refractivity contribution in [3.05, 3.63) is 6.92 Å². The monoisotopic (exact) mass is 153 g/mol. The largest absolute Gasteiger partial charge is 0.250 e. The summed E-state index contributed by atoms with van der Waals surface area (Å²) in [5.74, 6) is -2.85. The SMILES string of the molecule is [CH2]C[C@H](F)CC(F)(F)CC. The Hall–Kier alpha value is -0.210. The Morgan fingerprint density at radius 2 is 2.00 bits per heavy atom. The predicted octanol–water partition coefficient (Wildman–Crippen LogP) is 2.98. The van der Waals surface area contributed by atoms with Crippen molar-refractivity contribution >= 4 is 0 Å². The fourth-order valence-electron chi connectivity index (χ4n) is 0.570. The van der Waals surface area contributed by atoms with Crippen molar-refractivity contribution < 1.29 is 13.2 Å². The normalized spacial score (nSPS) is 15.3. The highest BCUT2D eigenvalue weighted by atomic mass is 19.3. The molecule has 1 radical (unpaired) electrons. The molecule has 0 rings (SSSR count). The summed E-state index contributed by atoms with van der Waals surface area (Å²) in [6.07, 6.45) is -2.52. The molecule has 0 spiro atoms. The lowest BCUT2D eigenvalue weighted by molar-refractivity contribution is -0.0309. The zero-order valence-corrected chi connectivity index (χ0v) is 6.04. The maximum absolute atomic E-state index is 12.3. The van der Waals surface area contributed by atoms with Crippen LogP contribution < -0.4 is 0 Å². The smallest absolute Gasteiger partial charge is 0.247 e. The fourth-order valence-corrected chi connectivity index (χ4v) is 0.570. The summed E-state index contributed by atoms with van der Waals surface area (Å²) in [6, 6.07) is 0. The van der Waals surface area contributed by atoms with E-state index in [0.717, 1.165) is 0 Å². The van der Waals surface area contributed by atoms with Crippen LogP contribution in [0.25, 0.3) is 0 Å². The summed E-state index contributed by atoms with van der Waals surface area (Å²) in [7, 11) is 0. The first-order chi connectivity index (χ1) is 4.52. The molecular formula is C7H12F3. The van der Waals surface area contributed by atoms with Crippen LogP contribution in [0.2, 0.25) is 0 Å². The van der Waals surface area contributed by atoms with Gasteiger partial charge in [0.15, 0.2) is 0 Å². The Bertz CT molecular complexity index is 90.9. The van der Waals surface area contributed by atoms with Crippen LogP contribution in [0.15, 0.2) is 0 Å². The minimum atomic E-state index is -2.85. The lowest BCUT2D eigenvalue weighted by Crippen LogP contribution is -2.20. The standard InChI is InChI=1S/C7H12F3/c1-3-6(8)5-7(9,10)4-2/h6H,1,3-5H2,2H3/t6-/m0/s1. The molecule has 0 bridgehead atoms. The first-order valence-electron chi connectivity index (χ1n) is 3.33. The molecule has 0 aliphatic carbocycles. The van der Waals surface area contributed by atoms with Crippen LogP contribution >= 0.6 is 0 Å². The van der Waals surface area contributed by atoms with Gasteiger partial charge in [0, 0.05) is 12.8 Å². The van der Waals surface area contributed by atoms with Crippen molar-refractivity contribution in [3.8, 4) is 0 Å². The van der Waals surface area contributed by atoms with Crippen molar-refractivity contribution in [3.63, 3.8) is 0 Å². The molecule has 0 aliphatic heterocycles. The van der Waals surface area contributed by atoms with E-state index >= 15 is 0 Å². The van der Waals surface area contributed by atoms with Crippen molar-refractivity contribution in [2.24, 2.45) is 0 Å². The van der Waals surface area contributed by atoms with Crippen LogP contribution in [-0.4, -0.2) is 12.1 Å². The highest BCUT2D eigenvalue weighted by molar-refractivity contribution is 4.70. The first-order valence-corrected chi connectivity index (χ1v) is 3.33. The van der Waals surface area contributed by atoms with E-state index < -0.39 is 18.5 Å². The molecule has 0 unspecified atom stereocenters. The van der Waals surface area contributed by atoms with E-state index in [1.165, 1.54) is 6.92 Å². The van der Waals surface area contributed by atoms with E-state index in [4.69, 9.17) is 0 Å². The summed E-state index contributed by atoms with van der Waals surface area (Å²) in [6.45, 7) is 4.54. The van der Waals surface area contributed by atoms with Gasteiger partial charge in [0.05, 0.1) is 0 Å². The highest BCUT2D eigenvalue weighted by Crippen LogP contribution is 2.25. The maximum atomic E-state index is 12.3. The third-order valence-electron chi connectivity index (χ3n) is 1.35. The highest BCUT2D eigenvalue weighted by Gasteiger charge is 2.29. The summed E-state index contributed by atoms with van der Waals surface area (Å²) in [5, 5.41) is 0. The lowest BCUT2D eigenvalue weighted by atomic mass is 10.1. The van der Waals surface area contributed by atoms with Gasteiger partial charge in [0.1, 0.15) is 6.17 Å².